The molecule has 1 fully saturated rings. The van der Waals surface area contributed by atoms with E-state index >= 15 is 0 Å². The third kappa shape index (κ3) is 4.32. The fraction of sp³-hybridized carbons (Fsp3) is 0.200. The average molecular weight is 419 g/mol. The first-order valence-corrected chi connectivity index (χ1v) is 8.70. The number of hydrogen-bond donors (Lipinski definition) is 1. The molecule has 1 N–H and O–H groups in total. The van der Waals surface area contributed by atoms with Crippen LogP contribution < -0.4 is 15.0 Å². The van der Waals surface area contributed by atoms with Gasteiger partial charge in [0.25, 0.3) is 5.91 Å². The van der Waals surface area contributed by atoms with Crippen LogP contribution in [0.3, 0.4) is 0 Å². The molecule has 1 aliphatic heterocycles. The highest BCUT2D eigenvalue weighted by Gasteiger charge is 2.41. The first-order valence-electron chi connectivity index (χ1n) is 8.70. The molecule has 0 unspecified atom stereocenters. The van der Waals surface area contributed by atoms with Gasteiger partial charge in [-0.05, 0) is 24.3 Å². The van der Waals surface area contributed by atoms with E-state index in [-0.39, 0.29) is 12.2 Å². The van der Waals surface area contributed by atoms with Crippen LogP contribution >= 0.6 is 0 Å². The van der Waals surface area contributed by atoms with Gasteiger partial charge in [-0.25, -0.2) is 9.69 Å². The van der Waals surface area contributed by atoms with Crippen LogP contribution in [-0.4, -0.2) is 31.2 Å². The van der Waals surface area contributed by atoms with E-state index in [9.17, 15) is 27.6 Å². The van der Waals surface area contributed by atoms with Gasteiger partial charge < -0.3 is 4.74 Å². The van der Waals surface area contributed by atoms with Gasteiger partial charge in [-0.3, -0.25) is 19.9 Å². The summed E-state index contributed by atoms with van der Waals surface area (Å²) in [7, 11) is 1.49. The van der Waals surface area contributed by atoms with Gasteiger partial charge in [0.2, 0.25) is 5.91 Å². The third-order valence-corrected chi connectivity index (χ3v) is 4.34. The van der Waals surface area contributed by atoms with Crippen molar-refractivity contribution in [1.82, 2.24) is 5.32 Å². The van der Waals surface area contributed by atoms with Gasteiger partial charge in [-0.2, -0.15) is 13.2 Å². The Morgan fingerprint density at radius 1 is 1.13 bits per heavy atom. The third-order valence-electron chi connectivity index (χ3n) is 4.34. The number of barbiturate groups is 1. The lowest BCUT2D eigenvalue weighted by molar-refractivity contribution is -0.138. The fourth-order valence-electron chi connectivity index (χ4n) is 2.88. The summed E-state index contributed by atoms with van der Waals surface area (Å²) < 4.78 is 44.1. The number of alkyl halides is 3. The summed E-state index contributed by atoms with van der Waals surface area (Å²) in [5.74, 6) is -2.80. The number of benzene rings is 2. The van der Waals surface area contributed by atoms with Crippen molar-refractivity contribution in [2.24, 2.45) is 10.9 Å². The van der Waals surface area contributed by atoms with Crippen molar-refractivity contribution in [2.45, 2.75) is 12.7 Å². The maximum atomic E-state index is 13.0. The molecule has 30 heavy (non-hydrogen) atoms. The molecule has 0 radical (unpaired) electrons. The van der Waals surface area contributed by atoms with Crippen LogP contribution in [0.5, 0.6) is 5.75 Å². The van der Waals surface area contributed by atoms with E-state index in [1.807, 2.05) is 5.32 Å². The number of anilines is 1. The highest BCUT2D eigenvalue weighted by atomic mass is 19.4. The maximum Gasteiger partial charge on any atom is 0.416 e. The van der Waals surface area contributed by atoms with Crippen LogP contribution in [0.1, 0.15) is 11.1 Å². The summed E-state index contributed by atoms with van der Waals surface area (Å²) in [4.78, 5) is 41.5. The predicted octanol–water partition coefficient (Wildman–Crippen LogP) is 3.18. The van der Waals surface area contributed by atoms with Crippen LogP contribution in [0.2, 0.25) is 0 Å². The zero-order chi connectivity index (χ0) is 21.9. The van der Waals surface area contributed by atoms with Crippen LogP contribution in [-0.2, 0) is 22.3 Å². The molecule has 0 aromatic heterocycles. The Hall–Kier alpha value is -3.69. The Labute approximate surface area is 169 Å². The number of amides is 4. The molecule has 0 bridgehead atoms. The van der Waals surface area contributed by atoms with Gasteiger partial charge in [0.1, 0.15) is 5.75 Å². The molecule has 1 heterocycles. The average Bonchev–Trinajstić information content (AvgIpc) is 2.70. The minimum atomic E-state index is -4.66. The van der Waals surface area contributed by atoms with Crippen molar-refractivity contribution in [1.29, 1.82) is 0 Å². The number of nitrogens with one attached hydrogen (secondary N) is 1. The van der Waals surface area contributed by atoms with Crippen molar-refractivity contribution in [3.8, 4) is 5.75 Å². The lowest BCUT2D eigenvalue weighted by atomic mass is 10.0. The number of methoxy groups -OCH3 is 1. The number of imide groups is 2. The van der Waals surface area contributed by atoms with Crippen molar-refractivity contribution in [3.05, 3.63) is 59.7 Å². The number of carbonyl (C=O) groups excluding carboxylic acids is 3. The SMILES string of the molecule is COc1ccccc1CN=C[C@@H]1C(=O)NC(=O)N(c2cccc(C(F)(F)F)c2)C1=O. The number of rotatable bonds is 5. The fourth-order valence-corrected chi connectivity index (χ4v) is 2.88. The Balaban J connectivity index is 1.84. The van der Waals surface area contributed by atoms with Crippen molar-refractivity contribution in [2.75, 3.05) is 12.0 Å². The number of ether oxygens (including phenoxy) is 1. The molecule has 2 aromatic rings. The van der Waals surface area contributed by atoms with Gasteiger partial charge in [-0.1, -0.05) is 24.3 Å². The second-order valence-electron chi connectivity index (χ2n) is 6.30. The van der Waals surface area contributed by atoms with E-state index in [2.05, 4.69) is 4.99 Å². The molecule has 10 heteroatoms. The van der Waals surface area contributed by atoms with Crippen LogP contribution in [0.4, 0.5) is 23.7 Å². The van der Waals surface area contributed by atoms with Gasteiger partial charge in [0.15, 0.2) is 5.92 Å². The lowest BCUT2D eigenvalue weighted by Crippen LogP contribution is -2.58. The maximum absolute atomic E-state index is 13.0. The summed E-state index contributed by atoms with van der Waals surface area (Å²) in [5.41, 5.74) is -0.632. The van der Waals surface area contributed by atoms with Gasteiger partial charge in [0, 0.05) is 11.8 Å². The Morgan fingerprint density at radius 3 is 2.57 bits per heavy atom. The molecule has 1 aliphatic rings. The zero-order valence-electron chi connectivity index (χ0n) is 15.6. The van der Waals surface area contributed by atoms with Crippen LogP contribution in [0.15, 0.2) is 53.5 Å². The normalized spacial score (nSPS) is 17.4. The number of carbonyl (C=O) groups is 3. The second-order valence-corrected chi connectivity index (χ2v) is 6.30. The Kier molecular flexibility index (Phi) is 5.86. The quantitative estimate of drug-likeness (QED) is 0.596. The summed E-state index contributed by atoms with van der Waals surface area (Å²) >= 11 is 0. The standard InChI is InChI=1S/C20H16F3N3O4/c1-30-16-8-3-2-5-12(16)10-24-11-15-17(27)25-19(29)26(18(15)28)14-7-4-6-13(9-14)20(21,22)23/h2-9,11,15H,10H2,1H3,(H,25,27,29)/t15-/m1/s1. The molecule has 0 spiro atoms. The second kappa shape index (κ2) is 8.36. The Morgan fingerprint density at radius 2 is 1.87 bits per heavy atom. The van der Waals surface area contributed by atoms with Crippen molar-refractivity contribution < 1.29 is 32.3 Å². The van der Waals surface area contributed by atoms with Gasteiger partial charge in [-0.15, -0.1) is 0 Å². The minimum absolute atomic E-state index is 0.0958. The number of nitrogens with zero attached hydrogens (tertiary/aromatic N) is 2. The first-order chi connectivity index (χ1) is 14.2. The number of hydrogen-bond acceptors (Lipinski definition) is 5. The molecule has 2 aromatic carbocycles. The van der Waals surface area contributed by atoms with E-state index < -0.39 is 35.5 Å². The van der Waals surface area contributed by atoms with E-state index in [1.165, 1.54) is 13.2 Å². The largest absolute Gasteiger partial charge is 0.496 e. The number of halogens is 3. The van der Waals surface area contributed by atoms with Crippen LogP contribution in [0, 0.1) is 5.92 Å². The minimum Gasteiger partial charge on any atom is -0.496 e. The van der Waals surface area contributed by atoms with Gasteiger partial charge >= 0.3 is 12.2 Å². The number of urea groups is 1. The molecule has 4 amide bonds. The smallest absolute Gasteiger partial charge is 0.416 e. The topological polar surface area (TPSA) is 88.1 Å². The Bertz CT molecular complexity index is 1020. The van der Waals surface area contributed by atoms with Gasteiger partial charge in [0.05, 0.1) is 24.9 Å². The molecule has 0 saturated carbocycles. The molecule has 1 atom stereocenters. The number of aliphatic imine (C=N–C) groups is 1. The molecule has 156 valence electrons. The molecular weight excluding hydrogens is 403 g/mol. The van der Waals surface area contributed by atoms with E-state index in [1.54, 1.807) is 24.3 Å². The summed E-state index contributed by atoms with van der Waals surface area (Å²) in [6.45, 7) is 0.0958. The molecule has 0 aliphatic carbocycles. The molecule has 3 rings (SSSR count). The van der Waals surface area contributed by atoms with E-state index in [0.717, 1.165) is 18.3 Å². The molecule has 1 saturated heterocycles. The zero-order valence-corrected chi connectivity index (χ0v) is 15.6. The van der Waals surface area contributed by atoms with Crippen molar-refractivity contribution >= 4 is 29.7 Å². The first kappa shape index (κ1) is 21.0. The summed E-state index contributed by atoms with van der Waals surface area (Å²) in [5, 5.41) is 1.97. The molecular formula is C20H16F3N3O4. The summed E-state index contributed by atoms with van der Waals surface area (Å²) in [6, 6.07) is 9.59. The van der Waals surface area contributed by atoms with Crippen molar-refractivity contribution in [3.63, 3.8) is 0 Å². The number of para-hydroxylation sites is 1. The van der Waals surface area contributed by atoms with Crippen LogP contribution in [0.25, 0.3) is 0 Å². The highest BCUT2D eigenvalue weighted by molar-refractivity contribution is 6.32. The predicted molar refractivity (Wildman–Crippen MR) is 101 cm³/mol. The monoisotopic (exact) mass is 419 g/mol. The van der Waals surface area contributed by atoms with E-state index in [4.69, 9.17) is 4.74 Å². The molecule has 7 nitrogen and oxygen atoms in total. The highest BCUT2D eigenvalue weighted by Crippen LogP contribution is 2.32. The lowest BCUT2D eigenvalue weighted by Gasteiger charge is -2.28. The van der Waals surface area contributed by atoms with E-state index in [0.29, 0.717) is 22.3 Å². The summed E-state index contributed by atoms with van der Waals surface area (Å²) in [6.07, 6.45) is -3.59.